The van der Waals surface area contributed by atoms with E-state index in [2.05, 4.69) is 47.9 Å². The number of benzene rings is 2. The summed E-state index contributed by atoms with van der Waals surface area (Å²) in [6.07, 6.45) is -4.76. The first-order chi connectivity index (χ1) is 14.0. The van der Waals surface area contributed by atoms with Crippen molar-refractivity contribution in [1.82, 2.24) is 9.97 Å². The maximum atomic E-state index is 12.6. The number of halogens is 4. The highest BCUT2D eigenvalue weighted by molar-refractivity contribution is 14.1. The van der Waals surface area contributed by atoms with Gasteiger partial charge in [0.25, 0.3) is 0 Å². The number of anilines is 3. The van der Waals surface area contributed by atoms with Gasteiger partial charge in [-0.05, 0) is 67.6 Å². The van der Waals surface area contributed by atoms with Gasteiger partial charge in [0.15, 0.2) is 0 Å². The van der Waals surface area contributed by atoms with Gasteiger partial charge in [0.1, 0.15) is 11.6 Å². The van der Waals surface area contributed by atoms with Crippen molar-refractivity contribution in [3.8, 4) is 17.0 Å². The van der Waals surface area contributed by atoms with Crippen molar-refractivity contribution in [1.29, 1.82) is 0 Å². The quantitative estimate of drug-likeness (QED) is 0.366. The predicted octanol–water partition coefficient (Wildman–Crippen LogP) is 6.60. The smallest absolute Gasteiger partial charge is 0.406 e. The molecule has 0 atom stereocenters. The van der Waals surface area contributed by atoms with E-state index in [1.165, 1.54) is 18.2 Å². The van der Waals surface area contributed by atoms with Crippen molar-refractivity contribution in [3.05, 3.63) is 58.2 Å². The van der Waals surface area contributed by atoms with Crippen LogP contribution in [0.2, 0.25) is 0 Å². The van der Waals surface area contributed by atoms with Gasteiger partial charge in [0.05, 0.1) is 11.4 Å². The second-order valence-electron chi connectivity index (χ2n) is 7.52. The molecule has 0 amide bonds. The van der Waals surface area contributed by atoms with Gasteiger partial charge < -0.3 is 15.4 Å². The van der Waals surface area contributed by atoms with E-state index in [4.69, 9.17) is 0 Å². The van der Waals surface area contributed by atoms with Crippen LogP contribution in [0.4, 0.5) is 30.6 Å². The summed E-state index contributed by atoms with van der Waals surface area (Å²) in [5.74, 6) is 0.560. The maximum Gasteiger partial charge on any atom is 0.573 e. The number of nitrogens with zero attached hydrogens (tertiary/aromatic N) is 2. The fourth-order valence-electron chi connectivity index (χ4n) is 2.60. The van der Waals surface area contributed by atoms with Gasteiger partial charge in [-0.1, -0.05) is 24.3 Å². The lowest BCUT2D eigenvalue weighted by atomic mass is 10.1. The van der Waals surface area contributed by atoms with Crippen LogP contribution in [0, 0.1) is 3.57 Å². The van der Waals surface area contributed by atoms with Gasteiger partial charge in [-0.2, -0.15) is 4.98 Å². The molecule has 1 aromatic heterocycles. The molecule has 0 bridgehead atoms. The van der Waals surface area contributed by atoms with Crippen LogP contribution < -0.4 is 15.4 Å². The minimum Gasteiger partial charge on any atom is -0.406 e. The Balaban J connectivity index is 2.02. The van der Waals surface area contributed by atoms with Crippen LogP contribution >= 0.6 is 22.6 Å². The summed E-state index contributed by atoms with van der Waals surface area (Å²) in [5.41, 5.74) is 1.48. The van der Waals surface area contributed by atoms with Crippen molar-refractivity contribution in [2.45, 2.75) is 32.7 Å². The van der Waals surface area contributed by atoms with Crippen molar-refractivity contribution < 1.29 is 17.9 Å². The molecule has 0 spiro atoms. The molecule has 0 unspecified atom stereocenters. The summed E-state index contributed by atoms with van der Waals surface area (Å²) < 4.78 is 42.8. The second kappa shape index (κ2) is 8.66. The van der Waals surface area contributed by atoms with Crippen LogP contribution in [0.15, 0.2) is 54.6 Å². The minimum absolute atomic E-state index is 0.307. The second-order valence-corrected chi connectivity index (χ2v) is 8.68. The number of alkyl halides is 3. The summed E-state index contributed by atoms with van der Waals surface area (Å²) in [5, 5.41) is 6.46. The molecule has 3 aromatic rings. The summed E-state index contributed by atoms with van der Waals surface area (Å²) >= 11 is 2.21. The summed E-state index contributed by atoms with van der Waals surface area (Å²) in [7, 11) is 0. The predicted molar refractivity (Wildman–Crippen MR) is 120 cm³/mol. The molecule has 158 valence electrons. The summed E-state index contributed by atoms with van der Waals surface area (Å²) in [4.78, 5) is 9.00. The van der Waals surface area contributed by atoms with Gasteiger partial charge in [-0.15, -0.1) is 13.2 Å². The molecule has 0 fully saturated rings. The molecule has 0 saturated carbocycles. The maximum absolute atomic E-state index is 12.6. The average Bonchev–Trinajstić information content (AvgIpc) is 2.61. The average molecular weight is 528 g/mol. The fourth-order valence-corrected chi connectivity index (χ4v) is 3.13. The SMILES string of the molecule is CC(C)(C)Nc1nc(Nc2ccccc2I)cc(-c2cccc(OC(F)(F)F)c2)n1. The summed E-state index contributed by atoms with van der Waals surface area (Å²) in [6, 6.07) is 15.1. The van der Waals surface area contributed by atoms with Gasteiger partial charge in [-0.25, -0.2) is 4.98 Å². The first kappa shape index (κ1) is 22.1. The zero-order chi connectivity index (χ0) is 21.9. The fraction of sp³-hybridized carbons (Fsp3) is 0.238. The summed E-state index contributed by atoms with van der Waals surface area (Å²) in [6.45, 7) is 5.90. The van der Waals surface area contributed by atoms with Gasteiger partial charge in [-0.3, -0.25) is 0 Å². The Bertz CT molecular complexity index is 1040. The van der Waals surface area contributed by atoms with Crippen LogP contribution in [-0.2, 0) is 0 Å². The Morgan fingerprint density at radius 3 is 2.33 bits per heavy atom. The monoisotopic (exact) mass is 528 g/mol. The van der Waals surface area contributed by atoms with Crippen LogP contribution in [0.5, 0.6) is 5.75 Å². The highest BCUT2D eigenvalue weighted by Gasteiger charge is 2.31. The van der Waals surface area contributed by atoms with Crippen LogP contribution in [0.3, 0.4) is 0 Å². The number of rotatable bonds is 5. The highest BCUT2D eigenvalue weighted by Crippen LogP contribution is 2.30. The molecule has 5 nitrogen and oxygen atoms in total. The zero-order valence-electron chi connectivity index (χ0n) is 16.5. The van der Waals surface area contributed by atoms with Crippen LogP contribution in [0.25, 0.3) is 11.3 Å². The Hall–Kier alpha value is -2.56. The van der Waals surface area contributed by atoms with E-state index in [0.29, 0.717) is 23.0 Å². The largest absolute Gasteiger partial charge is 0.573 e. The Kier molecular flexibility index (Phi) is 6.39. The molecule has 0 aliphatic rings. The molecule has 2 N–H and O–H groups in total. The van der Waals surface area contributed by atoms with E-state index in [-0.39, 0.29) is 11.3 Å². The zero-order valence-corrected chi connectivity index (χ0v) is 18.7. The molecule has 0 radical (unpaired) electrons. The topological polar surface area (TPSA) is 59.1 Å². The Morgan fingerprint density at radius 2 is 1.67 bits per heavy atom. The van der Waals surface area contributed by atoms with E-state index in [0.717, 1.165) is 9.26 Å². The van der Waals surface area contributed by atoms with E-state index in [1.54, 1.807) is 12.1 Å². The lowest BCUT2D eigenvalue weighted by Gasteiger charge is -2.21. The molecule has 0 aliphatic heterocycles. The lowest BCUT2D eigenvalue weighted by Crippen LogP contribution is -2.27. The van der Waals surface area contributed by atoms with E-state index in [9.17, 15) is 13.2 Å². The number of aromatic nitrogens is 2. The third kappa shape index (κ3) is 6.48. The molecule has 9 heteroatoms. The molecular weight excluding hydrogens is 508 g/mol. The molecule has 1 heterocycles. The minimum atomic E-state index is -4.76. The van der Waals surface area contributed by atoms with E-state index < -0.39 is 6.36 Å². The standard InChI is InChI=1S/C21H20F3IN4O/c1-20(2,3)29-19-27-17(13-7-6-8-14(11-13)30-21(22,23)24)12-18(28-19)26-16-10-5-4-9-15(16)25/h4-12H,1-3H3,(H2,26,27,28,29). The third-order valence-corrected chi connectivity index (χ3v) is 4.65. The molecule has 30 heavy (non-hydrogen) atoms. The number of ether oxygens (including phenoxy) is 1. The van der Waals surface area contributed by atoms with Crippen LogP contribution in [0.1, 0.15) is 20.8 Å². The third-order valence-electron chi connectivity index (χ3n) is 3.71. The first-order valence-corrected chi connectivity index (χ1v) is 10.1. The number of nitrogens with one attached hydrogen (secondary N) is 2. The van der Waals surface area contributed by atoms with E-state index in [1.807, 2.05) is 45.0 Å². The van der Waals surface area contributed by atoms with Crippen molar-refractivity contribution in [2.75, 3.05) is 10.6 Å². The van der Waals surface area contributed by atoms with Crippen molar-refractivity contribution in [3.63, 3.8) is 0 Å². The van der Waals surface area contributed by atoms with Gasteiger partial charge >= 0.3 is 6.36 Å². The molecule has 2 aromatic carbocycles. The first-order valence-electron chi connectivity index (χ1n) is 9.03. The highest BCUT2D eigenvalue weighted by atomic mass is 127. The molecule has 3 rings (SSSR count). The van der Waals surface area contributed by atoms with Gasteiger partial charge in [0, 0.05) is 20.7 Å². The van der Waals surface area contributed by atoms with Gasteiger partial charge in [0.2, 0.25) is 5.95 Å². The van der Waals surface area contributed by atoms with Crippen molar-refractivity contribution >= 4 is 40.0 Å². The number of hydrogen-bond acceptors (Lipinski definition) is 5. The normalized spacial score (nSPS) is 11.8. The van der Waals surface area contributed by atoms with Crippen LogP contribution in [-0.4, -0.2) is 21.9 Å². The number of para-hydroxylation sites is 1. The van der Waals surface area contributed by atoms with E-state index >= 15 is 0 Å². The molecular formula is C21H20F3IN4O. The Morgan fingerprint density at radius 1 is 0.933 bits per heavy atom. The number of hydrogen-bond donors (Lipinski definition) is 2. The molecule has 0 aliphatic carbocycles. The Labute approximate surface area is 186 Å². The lowest BCUT2D eigenvalue weighted by molar-refractivity contribution is -0.274. The van der Waals surface area contributed by atoms with Crippen molar-refractivity contribution in [2.24, 2.45) is 0 Å². The molecule has 0 saturated heterocycles.